The first-order valence-corrected chi connectivity index (χ1v) is 11.0. The number of hydrazone groups is 1. The SMILES string of the molecule is N/N=C(\C=NCC1OCC2(CC2)CO1)c1ncc(C#CC2CC(F)(F)C2)cc1OC1CC1. The van der Waals surface area contributed by atoms with E-state index in [0.717, 1.165) is 25.7 Å². The molecule has 1 spiro atoms. The van der Waals surface area contributed by atoms with E-state index in [1.807, 2.05) is 0 Å². The van der Waals surface area contributed by atoms with Gasteiger partial charge in [-0.25, -0.2) is 13.8 Å². The molecule has 32 heavy (non-hydrogen) atoms. The number of nitrogens with zero attached hydrogens (tertiary/aromatic N) is 3. The van der Waals surface area contributed by atoms with Crippen LogP contribution < -0.4 is 10.6 Å². The van der Waals surface area contributed by atoms with Gasteiger partial charge in [0, 0.05) is 35.9 Å². The summed E-state index contributed by atoms with van der Waals surface area (Å²) in [5.41, 5.74) is 1.68. The molecular weight excluding hydrogens is 418 g/mol. The molecule has 2 heterocycles. The molecule has 0 atom stereocenters. The molecule has 7 nitrogen and oxygen atoms in total. The van der Waals surface area contributed by atoms with Gasteiger partial charge in [0.2, 0.25) is 0 Å². The first-order chi connectivity index (χ1) is 15.4. The Morgan fingerprint density at radius 2 is 2.03 bits per heavy atom. The highest BCUT2D eigenvalue weighted by Crippen LogP contribution is 2.48. The fourth-order valence-electron chi connectivity index (χ4n) is 3.69. The number of hydrogen-bond acceptors (Lipinski definition) is 7. The summed E-state index contributed by atoms with van der Waals surface area (Å²) < 4.78 is 43.5. The second-order valence-corrected chi connectivity index (χ2v) is 9.18. The maximum absolute atomic E-state index is 13.0. The minimum atomic E-state index is -2.58. The molecule has 1 aromatic heterocycles. The molecule has 0 unspecified atom stereocenters. The quantitative estimate of drug-likeness (QED) is 0.315. The Kier molecular flexibility index (Phi) is 5.59. The molecule has 1 aliphatic heterocycles. The van der Waals surface area contributed by atoms with Gasteiger partial charge in [-0.2, -0.15) is 5.10 Å². The number of alkyl halides is 2. The maximum Gasteiger partial charge on any atom is 0.250 e. The van der Waals surface area contributed by atoms with Crippen molar-refractivity contribution in [2.75, 3.05) is 19.8 Å². The highest BCUT2D eigenvalue weighted by Gasteiger charge is 2.47. The normalized spacial score (nSPS) is 24.8. The van der Waals surface area contributed by atoms with Crippen LogP contribution in [0.4, 0.5) is 8.78 Å². The van der Waals surface area contributed by atoms with Crippen LogP contribution in [-0.2, 0) is 9.47 Å². The van der Waals surface area contributed by atoms with E-state index in [1.165, 1.54) is 6.21 Å². The van der Waals surface area contributed by atoms with Crippen LogP contribution in [-0.4, -0.2) is 55.0 Å². The number of pyridine rings is 1. The Bertz CT molecular complexity index is 975. The van der Waals surface area contributed by atoms with Crippen LogP contribution >= 0.6 is 0 Å². The molecule has 0 aromatic carbocycles. The number of hydrogen-bond donors (Lipinski definition) is 1. The molecule has 3 aliphatic carbocycles. The Morgan fingerprint density at radius 1 is 1.28 bits per heavy atom. The Balaban J connectivity index is 1.25. The summed E-state index contributed by atoms with van der Waals surface area (Å²) >= 11 is 0. The third-order valence-electron chi connectivity index (χ3n) is 6.14. The Hall–Kier alpha value is -2.57. The molecule has 4 fully saturated rings. The molecule has 3 saturated carbocycles. The van der Waals surface area contributed by atoms with E-state index < -0.39 is 5.92 Å². The van der Waals surface area contributed by atoms with Gasteiger partial charge < -0.3 is 20.1 Å². The van der Waals surface area contributed by atoms with Gasteiger partial charge in [-0.3, -0.25) is 4.99 Å². The van der Waals surface area contributed by atoms with Crippen molar-refractivity contribution in [1.82, 2.24) is 4.98 Å². The minimum absolute atomic E-state index is 0.124. The van der Waals surface area contributed by atoms with E-state index in [4.69, 9.17) is 20.1 Å². The van der Waals surface area contributed by atoms with E-state index in [2.05, 4.69) is 26.9 Å². The van der Waals surface area contributed by atoms with Crippen molar-refractivity contribution in [2.45, 2.75) is 56.8 Å². The zero-order chi connectivity index (χ0) is 22.2. The van der Waals surface area contributed by atoms with Gasteiger partial charge in [0.15, 0.2) is 6.29 Å². The molecule has 2 N–H and O–H groups in total. The van der Waals surface area contributed by atoms with Crippen molar-refractivity contribution < 1.29 is 23.0 Å². The van der Waals surface area contributed by atoms with Crippen LogP contribution in [0.5, 0.6) is 5.75 Å². The van der Waals surface area contributed by atoms with Gasteiger partial charge >= 0.3 is 0 Å². The van der Waals surface area contributed by atoms with Crippen LogP contribution in [0.25, 0.3) is 0 Å². The summed E-state index contributed by atoms with van der Waals surface area (Å²) in [5, 5.41) is 3.83. The highest BCUT2D eigenvalue weighted by molar-refractivity contribution is 6.38. The summed E-state index contributed by atoms with van der Waals surface area (Å²) in [5.74, 6) is 9.08. The fraction of sp³-hybridized carbons (Fsp3) is 0.609. The average molecular weight is 444 g/mol. The number of nitrogens with two attached hydrogens (primary N) is 1. The molecule has 1 saturated heterocycles. The summed E-state index contributed by atoms with van der Waals surface area (Å²) in [7, 11) is 0. The lowest BCUT2D eigenvalue weighted by Gasteiger charge is -2.31. The summed E-state index contributed by atoms with van der Waals surface area (Å²) in [6.07, 6.45) is 6.74. The number of aliphatic imine (C=N–C) groups is 1. The Morgan fingerprint density at radius 3 is 2.66 bits per heavy atom. The number of rotatable bonds is 6. The van der Waals surface area contributed by atoms with Crippen molar-refractivity contribution >= 4 is 11.9 Å². The van der Waals surface area contributed by atoms with Gasteiger partial charge in [-0.15, -0.1) is 0 Å². The summed E-state index contributed by atoms with van der Waals surface area (Å²) in [6, 6.07) is 1.76. The molecule has 5 rings (SSSR count). The molecule has 1 aromatic rings. The first-order valence-electron chi connectivity index (χ1n) is 11.0. The topological polar surface area (TPSA) is 91.3 Å². The summed E-state index contributed by atoms with van der Waals surface area (Å²) in [6.45, 7) is 1.77. The van der Waals surface area contributed by atoms with Crippen LogP contribution in [0.2, 0.25) is 0 Å². The second-order valence-electron chi connectivity index (χ2n) is 9.18. The average Bonchev–Trinajstić information content (AvgIpc) is 3.69. The lowest BCUT2D eigenvalue weighted by molar-refractivity contribution is -0.201. The lowest BCUT2D eigenvalue weighted by Crippen LogP contribution is -2.35. The zero-order valence-corrected chi connectivity index (χ0v) is 17.7. The number of ether oxygens (including phenoxy) is 3. The first kappa shape index (κ1) is 21.3. The summed E-state index contributed by atoms with van der Waals surface area (Å²) in [4.78, 5) is 8.81. The fourth-order valence-corrected chi connectivity index (χ4v) is 3.69. The van der Waals surface area contributed by atoms with E-state index in [0.29, 0.717) is 42.5 Å². The van der Waals surface area contributed by atoms with Gasteiger partial charge in [-0.1, -0.05) is 11.8 Å². The van der Waals surface area contributed by atoms with E-state index in [1.54, 1.807) is 12.3 Å². The van der Waals surface area contributed by atoms with Gasteiger partial charge in [0.1, 0.15) is 17.2 Å². The van der Waals surface area contributed by atoms with E-state index in [9.17, 15) is 8.78 Å². The Labute approximate surface area is 185 Å². The largest absolute Gasteiger partial charge is 0.488 e. The monoisotopic (exact) mass is 444 g/mol. The third-order valence-corrected chi connectivity index (χ3v) is 6.14. The van der Waals surface area contributed by atoms with Crippen molar-refractivity contribution in [2.24, 2.45) is 27.3 Å². The third kappa shape index (κ3) is 5.08. The maximum atomic E-state index is 13.0. The highest BCUT2D eigenvalue weighted by atomic mass is 19.3. The zero-order valence-electron chi connectivity index (χ0n) is 17.7. The number of aromatic nitrogens is 1. The molecule has 0 radical (unpaired) electrons. The van der Waals surface area contributed by atoms with Gasteiger partial charge in [0.05, 0.1) is 32.1 Å². The standard InChI is InChI=1S/C23H26F2N4O3/c24-23(25)8-16(9-23)2-1-15-7-19(32-17-3-4-17)21(28-10-15)18(29-26)11-27-12-20-30-13-22(5-6-22)14-31-20/h7,10-11,16-17,20H,3-6,8-9,12-14,26H2/b27-11?,29-18+. The van der Waals surface area contributed by atoms with E-state index in [-0.39, 0.29) is 36.6 Å². The van der Waals surface area contributed by atoms with Crippen molar-refractivity contribution in [1.29, 1.82) is 0 Å². The van der Waals surface area contributed by atoms with Crippen molar-refractivity contribution in [3.05, 3.63) is 23.5 Å². The predicted molar refractivity (Wildman–Crippen MR) is 114 cm³/mol. The van der Waals surface area contributed by atoms with Gasteiger partial charge in [0.25, 0.3) is 5.92 Å². The molecule has 0 bridgehead atoms. The molecule has 170 valence electrons. The van der Waals surface area contributed by atoms with Crippen molar-refractivity contribution in [3.8, 4) is 17.6 Å². The predicted octanol–water partition coefficient (Wildman–Crippen LogP) is 2.91. The molecule has 9 heteroatoms. The molecular formula is C23H26F2N4O3. The van der Waals surface area contributed by atoms with Gasteiger partial charge in [-0.05, 0) is 31.7 Å². The van der Waals surface area contributed by atoms with Crippen LogP contribution in [0.1, 0.15) is 49.8 Å². The molecule has 4 aliphatic rings. The van der Waals surface area contributed by atoms with Crippen LogP contribution in [0.15, 0.2) is 22.4 Å². The molecule has 0 amide bonds. The minimum Gasteiger partial charge on any atom is -0.488 e. The van der Waals surface area contributed by atoms with Crippen LogP contribution in [0.3, 0.4) is 0 Å². The van der Waals surface area contributed by atoms with Crippen LogP contribution in [0, 0.1) is 23.2 Å². The lowest BCUT2D eigenvalue weighted by atomic mass is 9.82. The second kappa shape index (κ2) is 8.41. The van der Waals surface area contributed by atoms with E-state index >= 15 is 0 Å². The van der Waals surface area contributed by atoms with Crippen molar-refractivity contribution in [3.63, 3.8) is 0 Å². The number of halogens is 2. The smallest absolute Gasteiger partial charge is 0.250 e.